The van der Waals surface area contributed by atoms with Crippen molar-refractivity contribution >= 4 is 17.4 Å². The number of benzene rings is 1. The van der Waals surface area contributed by atoms with Gasteiger partial charge in [-0.25, -0.2) is 0 Å². The number of rotatable bonds is 4. The van der Waals surface area contributed by atoms with Gasteiger partial charge in [-0.3, -0.25) is 0 Å². The summed E-state index contributed by atoms with van der Waals surface area (Å²) in [4.78, 5) is 4.71. The van der Waals surface area contributed by atoms with Crippen molar-refractivity contribution in [3.8, 4) is 17.1 Å². The van der Waals surface area contributed by atoms with Crippen molar-refractivity contribution in [2.24, 2.45) is 11.8 Å². The van der Waals surface area contributed by atoms with Gasteiger partial charge in [-0.05, 0) is 38.2 Å². The molecule has 27 heavy (non-hydrogen) atoms. The molecule has 0 spiro atoms. The minimum absolute atomic E-state index is 0.132. The first-order valence-electron chi connectivity index (χ1n) is 9.71. The smallest absolute Gasteiger partial charge is 0.247 e. The molecule has 4 rings (SSSR count). The maximum Gasteiger partial charge on any atom is 0.247 e. The van der Waals surface area contributed by atoms with Crippen molar-refractivity contribution in [3.63, 3.8) is 0 Å². The van der Waals surface area contributed by atoms with E-state index in [0.29, 0.717) is 22.9 Å². The van der Waals surface area contributed by atoms with Crippen molar-refractivity contribution in [3.05, 3.63) is 35.9 Å². The lowest BCUT2D eigenvalue weighted by Gasteiger charge is -2.34. The molecule has 0 bridgehead atoms. The summed E-state index contributed by atoms with van der Waals surface area (Å²) in [6.45, 7) is 6.67. The summed E-state index contributed by atoms with van der Waals surface area (Å²) in [5.41, 5.74) is 4.22. The average Bonchev–Trinajstić information content (AvgIpc) is 2.82. The molecule has 1 aliphatic carbocycles. The second-order valence-electron chi connectivity index (χ2n) is 7.46. The molecule has 0 amide bonds. The molecule has 0 saturated carbocycles. The maximum absolute atomic E-state index is 6.44. The van der Waals surface area contributed by atoms with E-state index in [2.05, 4.69) is 54.5 Å². The van der Waals surface area contributed by atoms with Crippen LogP contribution in [0, 0.1) is 11.8 Å². The molecule has 5 nitrogen and oxygen atoms in total. The lowest BCUT2D eigenvalue weighted by molar-refractivity contribution is 0.114. The van der Waals surface area contributed by atoms with Crippen LogP contribution in [0.15, 0.2) is 41.1 Å². The summed E-state index contributed by atoms with van der Waals surface area (Å²) in [5, 5.41) is 13.1. The number of hydrogen-bond donors (Lipinski definition) is 1. The zero-order chi connectivity index (χ0) is 18.8. The lowest BCUT2D eigenvalue weighted by Crippen LogP contribution is -2.39. The average molecular weight is 383 g/mol. The number of fused-ring (bicyclic) bond motifs is 3. The Morgan fingerprint density at radius 3 is 2.93 bits per heavy atom. The Bertz CT molecular complexity index is 854. The molecule has 3 atom stereocenters. The second kappa shape index (κ2) is 7.89. The number of ether oxygens (including phenoxy) is 1. The third kappa shape index (κ3) is 3.81. The van der Waals surface area contributed by atoms with Crippen molar-refractivity contribution in [2.75, 3.05) is 11.1 Å². The summed E-state index contributed by atoms with van der Waals surface area (Å²) >= 11 is 1.62. The lowest BCUT2D eigenvalue weighted by atomic mass is 9.80. The number of aromatic nitrogens is 3. The fourth-order valence-electron chi connectivity index (χ4n) is 3.85. The van der Waals surface area contributed by atoms with Gasteiger partial charge in [0.25, 0.3) is 0 Å². The first-order chi connectivity index (χ1) is 13.2. The molecule has 2 aromatic rings. The van der Waals surface area contributed by atoms with Crippen molar-refractivity contribution < 1.29 is 4.74 Å². The highest BCUT2D eigenvalue weighted by molar-refractivity contribution is 7.99. The Labute approximate surface area is 165 Å². The molecule has 1 aliphatic heterocycles. The minimum atomic E-state index is -0.132. The molecule has 1 N–H and O–H groups in total. The first-order valence-corrected chi connectivity index (χ1v) is 10.7. The quantitative estimate of drug-likeness (QED) is 0.582. The Balaban J connectivity index is 1.72. The van der Waals surface area contributed by atoms with Crippen LogP contribution in [0.1, 0.15) is 40.0 Å². The Morgan fingerprint density at radius 1 is 1.26 bits per heavy atom. The second-order valence-corrected chi connectivity index (χ2v) is 8.52. The standard InChI is InChI=1S/C21H26N4OS/c1-4-11-27-21-23-20-18(24-25-21)16-7-5-6-8-17(16)22-19(26-20)15-10-9-13(2)12-14(15)3/h5-9,14-15,19,22H,4,10-12H2,1-3H3/t14-,15-,19+/m0/s1. The minimum Gasteiger partial charge on any atom is -0.452 e. The van der Waals surface area contributed by atoms with Crippen molar-refractivity contribution in [2.45, 2.75) is 51.4 Å². The Hall–Kier alpha value is -2.08. The molecule has 0 unspecified atom stereocenters. The van der Waals surface area contributed by atoms with E-state index in [1.165, 1.54) is 5.57 Å². The van der Waals surface area contributed by atoms with Gasteiger partial charge in [0.2, 0.25) is 11.0 Å². The van der Waals surface area contributed by atoms with Crippen LogP contribution < -0.4 is 10.1 Å². The van der Waals surface area contributed by atoms with Gasteiger partial charge in [-0.2, -0.15) is 4.98 Å². The number of allylic oxidation sites excluding steroid dienone is 2. The molecule has 2 aliphatic rings. The molecule has 6 heteroatoms. The van der Waals surface area contributed by atoms with Gasteiger partial charge in [0.15, 0.2) is 11.9 Å². The van der Waals surface area contributed by atoms with Crippen LogP contribution in [0.25, 0.3) is 11.3 Å². The van der Waals surface area contributed by atoms with Crippen LogP contribution in [0.4, 0.5) is 5.69 Å². The van der Waals surface area contributed by atoms with Gasteiger partial charge in [0.1, 0.15) is 0 Å². The number of nitrogens with zero attached hydrogens (tertiary/aromatic N) is 3. The van der Waals surface area contributed by atoms with Crippen molar-refractivity contribution in [1.29, 1.82) is 0 Å². The molecular weight excluding hydrogens is 356 g/mol. The fraction of sp³-hybridized carbons (Fsp3) is 0.476. The van der Waals surface area contributed by atoms with E-state index in [0.717, 1.165) is 42.0 Å². The zero-order valence-electron chi connectivity index (χ0n) is 16.1. The predicted molar refractivity (Wildman–Crippen MR) is 110 cm³/mol. The van der Waals surface area contributed by atoms with Crippen LogP contribution in [-0.2, 0) is 0 Å². The van der Waals surface area contributed by atoms with E-state index in [1.807, 2.05) is 12.1 Å². The van der Waals surface area contributed by atoms with E-state index < -0.39 is 0 Å². The van der Waals surface area contributed by atoms with Gasteiger partial charge >= 0.3 is 0 Å². The highest BCUT2D eigenvalue weighted by Gasteiger charge is 2.34. The maximum atomic E-state index is 6.44. The Kier molecular flexibility index (Phi) is 5.34. The van der Waals surface area contributed by atoms with Crippen LogP contribution in [0.3, 0.4) is 0 Å². The van der Waals surface area contributed by atoms with Gasteiger partial charge < -0.3 is 10.1 Å². The first kappa shape index (κ1) is 18.3. The molecule has 142 valence electrons. The van der Waals surface area contributed by atoms with E-state index in [4.69, 9.17) is 9.72 Å². The van der Waals surface area contributed by atoms with E-state index in [1.54, 1.807) is 11.8 Å². The normalized spacial score (nSPS) is 24.0. The number of para-hydroxylation sites is 1. The topological polar surface area (TPSA) is 59.9 Å². The van der Waals surface area contributed by atoms with Gasteiger partial charge in [0.05, 0.1) is 0 Å². The summed E-state index contributed by atoms with van der Waals surface area (Å²) in [7, 11) is 0. The Morgan fingerprint density at radius 2 is 2.11 bits per heavy atom. The van der Waals surface area contributed by atoms with Gasteiger partial charge in [-0.15, -0.1) is 10.2 Å². The van der Waals surface area contributed by atoms with Crippen LogP contribution in [0.2, 0.25) is 0 Å². The molecule has 0 radical (unpaired) electrons. The molecule has 0 saturated heterocycles. The highest BCUT2D eigenvalue weighted by Crippen LogP contribution is 2.40. The van der Waals surface area contributed by atoms with Crippen molar-refractivity contribution in [1.82, 2.24) is 15.2 Å². The predicted octanol–water partition coefficient (Wildman–Crippen LogP) is 5.16. The highest BCUT2D eigenvalue weighted by atomic mass is 32.2. The number of nitrogens with one attached hydrogen (secondary N) is 1. The summed E-state index contributed by atoms with van der Waals surface area (Å²) in [6.07, 6.45) is 5.41. The third-order valence-corrected chi connectivity index (χ3v) is 6.33. The van der Waals surface area contributed by atoms with Crippen LogP contribution >= 0.6 is 11.8 Å². The summed E-state index contributed by atoms with van der Waals surface area (Å²) in [6, 6.07) is 8.18. The third-order valence-electron chi connectivity index (χ3n) is 5.29. The summed E-state index contributed by atoms with van der Waals surface area (Å²) < 4.78 is 6.44. The van der Waals surface area contributed by atoms with Crippen LogP contribution in [-0.4, -0.2) is 27.2 Å². The molecule has 1 aromatic heterocycles. The van der Waals surface area contributed by atoms with Crippen LogP contribution in [0.5, 0.6) is 5.88 Å². The molecule has 2 heterocycles. The zero-order valence-corrected chi connectivity index (χ0v) is 16.9. The van der Waals surface area contributed by atoms with Gasteiger partial charge in [0, 0.05) is 22.9 Å². The van der Waals surface area contributed by atoms with E-state index in [9.17, 15) is 0 Å². The van der Waals surface area contributed by atoms with Gasteiger partial charge in [-0.1, -0.05) is 55.5 Å². The number of anilines is 1. The van der Waals surface area contributed by atoms with E-state index in [-0.39, 0.29) is 6.23 Å². The largest absolute Gasteiger partial charge is 0.452 e. The van der Waals surface area contributed by atoms with E-state index >= 15 is 0 Å². The monoisotopic (exact) mass is 382 g/mol. The number of hydrogen-bond acceptors (Lipinski definition) is 6. The number of thioether (sulfide) groups is 1. The molecular formula is C21H26N4OS. The SMILES string of the molecule is CCCSc1nnc2c(n1)O[C@H]([C@H]1CC=C(C)C[C@@H]1C)Nc1ccccc1-2. The molecule has 0 fully saturated rings. The summed E-state index contributed by atoms with van der Waals surface area (Å²) in [5.74, 6) is 2.49. The fourth-order valence-corrected chi connectivity index (χ4v) is 4.48. The molecule has 1 aromatic carbocycles.